The van der Waals surface area contributed by atoms with Crippen LogP contribution in [0.2, 0.25) is 0 Å². The molecule has 0 fully saturated rings. The van der Waals surface area contributed by atoms with E-state index in [1.54, 1.807) is 0 Å². The number of carbonyl (C=O) groups excluding carboxylic acids is 1. The van der Waals surface area contributed by atoms with E-state index in [0.29, 0.717) is 0 Å². The van der Waals surface area contributed by atoms with Crippen LogP contribution in [0.25, 0.3) is 0 Å². The van der Waals surface area contributed by atoms with Crippen LogP contribution in [0.3, 0.4) is 0 Å². The molecule has 1 aromatic heterocycles. The van der Waals surface area contributed by atoms with Crippen molar-refractivity contribution in [3.05, 3.63) is 28.0 Å². The van der Waals surface area contributed by atoms with Gasteiger partial charge in [-0.15, -0.1) is 0 Å². The maximum Gasteiger partial charge on any atom is 0.278 e. The number of Topliss-reactive ketones (excluding diaryl/α,β-unsaturated/α-hetero) is 1. The lowest BCUT2D eigenvalue weighted by molar-refractivity contribution is -0.0253. The highest BCUT2D eigenvalue weighted by Gasteiger charge is 2.23. The van der Waals surface area contributed by atoms with Gasteiger partial charge in [-0.05, 0) is 17.9 Å². The molecule has 20 heavy (non-hydrogen) atoms. The summed E-state index contributed by atoms with van der Waals surface area (Å²) in [6.07, 6.45) is 0. The molecule has 112 valence electrons. The van der Waals surface area contributed by atoms with Crippen molar-refractivity contribution in [3.8, 4) is 5.88 Å². The normalized spacial score (nSPS) is 11.4. The molecule has 0 bridgehead atoms. The number of alkyl halides is 2. The highest BCUT2D eigenvalue weighted by atomic mass is 32.2. The van der Waals surface area contributed by atoms with Gasteiger partial charge >= 0.3 is 0 Å². The maximum atomic E-state index is 12.7. The van der Waals surface area contributed by atoms with Gasteiger partial charge in [0.2, 0.25) is 0 Å². The molecular weight excluding hydrogens is 288 g/mol. The van der Waals surface area contributed by atoms with Crippen molar-refractivity contribution >= 4 is 17.5 Å². The van der Waals surface area contributed by atoms with Crippen molar-refractivity contribution < 1.29 is 18.3 Å². The predicted molar refractivity (Wildman–Crippen MR) is 75.1 cm³/mol. The minimum absolute atomic E-state index is 0.0104. The van der Waals surface area contributed by atoms with E-state index in [1.165, 1.54) is 30.9 Å². The fraction of sp³-hybridized carbons (Fsp3) is 0.538. The van der Waals surface area contributed by atoms with Crippen molar-refractivity contribution in [1.82, 2.24) is 4.57 Å². The van der Waals surface area contributed by atoms with E-state index in [2.05, 4.69) is 0 Å². The van der Waals surface area contributed by atoms with Crippen LogP contribution in [0, 0.1) is 0 Å². The SMILES string of the molecule is CCSCC(=O)c1ccc(OCC(C)(F)F)n(C)c1=O. The zero-order valence-corrected chi connectivity index (χ0v) is 12.4. The number of aromatic nitrogens is 1. The first-order chi connectivity index (χ1) is 9.26. The van der Waals surface area contributed by atoms with Crippen LogP contribution in [0.15, 0.2) is 16.9 Å². The molecular formula is C13H17F2NO3S. The summed E-state index contributed by atoms with van der Waals surface area (Å²) in [6.45, 7) is 1.82. The van der Waals surface area contributed by atoms with Crippen LogP contribution in [0.4, 0.5) is 8.78 Å². The van der Waals surface area contributed by atoms with Crippen molar-refractivity contribution in [2.45, 2.75) is 19.8 Å². The number of hydrogen-bond donors (Lipinski definition) is 0. The van der Waals surface area contributed by atoms with E-state index in [-0.39, 0.29) is 23.0 Å². The number of nitrogens with zero attached hydrogens (tertiary/aromatic N) is 1. The van der Waals surface area contributed by atoms with Gasteiger partial charge in [-0.1, -0.05) is 6.92 Å². The molecule has 0 aromatic carbocycles. The summed E-state index contributed by atoms with van der Waals surface area (Å²) in [5.74, 6) is -2.25. The highest BCUT2D eigenvalue weighted by molar-refractivity contribution is 7.99. The van der Waals surface area contributed by atoms with Gasteiger partial charge in [0.15, 0.2) is 18.3 Å². The molecule has 0 aliphatic rings. The van der Waals surface area contributed by atoms with Crippen molar-refractivity contribution in [1.29, 1.82) is 0 Å². The first kappa shape index (κ1) is 16.7. The Morgan fingerprint density at radius 3 is 2.65 bits per heavy atom. The lowest BCUT2D eigenvalue weighted by Crippen LogP contribution is -2.28. The van der Waals surface area contributed by atoms with E-state index >= 15 is 0 Å². The minimum Gasteiger partial charge on any atom is -0.472 e. The first-order valence-electron chi connectivity index (χ1n) is 6.08. The van der Waals surface area contributed by atoms with Crippen LogP contribution in [-0.4, -0.2) is 34.4 Å². The third kappa shape index (κ3) is 4.63. The number of rotatable bonds is 7. The third-order valence-corrected chi connectivity index (χ3v) is 3.34. The largest absolute Gasteiger partial charge is 0.472 e. The quantitative estimate of drug-likeness (QED) is 0.726. The van der Waals surface area contributed by atoms with Crippen molar-refractivity contribution in [2.75, 3.05) is 18.1 Å². The third-order valence-electron chi connectivity index (χ3n) is 2.47. The molecule has 7 heteroatoms. The van der Waals surface area contributed by atoms with Gasteiger partial charge in [0.05, 0.1) is 11.3 Å². The summed E-state index contributed by atoms with van der Waals surface area (Å²) in [5, 5.41) is 0. The maximum absolute atomic E-state index is 12.7. The zero-order chi connectivity index (χ0) is 15.3. The summed E-state index contributed by atoms with van der Waals surface area (Å²) >= 11 is 1.42. The molecule has 4 nitrogen and oxygen atoms in total. The van der Waals surface area contributed by atoms with Gasteiger partial charge in [0.25, 0.3) is 11.5 Å². The fourth-order valence-electron chi connectivity index (χ4n) is 1.45. The van der Waals surface area contributed by atoms with Crippen LogP contribution in [-0.2, 0) is 7.05 Å². The Labute approximate surface area is 120 Å². The smallest absolute Gasteiger partial charge is 0.278 e. The number of carbonyl (C=O) groups is 1. The Kier molecular flexibility index (Phi) is 5.74. The molecule has 0 spiro atoms. The average molecular weight is 305 g/mol. The minimum atomic E-state index is -2.98. The van der Waals surface area contributed by atoms with Gasteiger partial charge < -0.3 is 4.74 Å². The Hall–Kier alpha value is -1.37. The van der Waals surface area contributed by atoms with Gasteiger partial charge in [0, 0.05) is 14.0 Å². The topological polar surface area (TPSA) is 48.3 Å². The monoisotopic (exact) mass is 305 g/mol. The Balaban J connectivity index is 2.92. The second-order valence-corrected chi connectivity index (χ2v) is 5.64. The second kappa shape index (κ2) is 6.88. The summed E-state index contributed by atoms with van der Waals surface area (Å²) in [5.41, 5.74) is -0.493. The summed E-state index contributed by atoms with van der Waals surface area (Å²) < 4.78 is 31.4. The summed E-state index contributed by atoms with van der Waals surface area (Å²) in [7, 11) is 1.38. The number of hydrogen-bond acceptors (Lipinski definition) is 4. The second-order valence-electron chi connectivity index (χ2n) is 4.37. The van der Waals surface area contributed by atoms with Crippen molar-refractivity contribution in [2.24, 2.45) is 7.05 Å². The molecule has 0 aliphatic heterocycles. The number of pyridine rings is 1. The predicted octanol–water partition coefficient (Wildman–Crippen LogP) is 2.36. The molecule has 0 amide bonds. The van der Waals surface area contributed by atoms with Gasteiger partial charge in [0.1, 0.15) is 0 Å². The number of thioether (sulfide) groups is 1. The number of ketones is 1. The molecule has 0 saturated carbocycles. The molecule has 0 N–H and O–H groups in total. The van der Waals surface area contributed by atoms with Crippen LogP contribution >= 0.6 is 11.8 Å². The average Bonchev–Trinajstić information content (AvgIpc) is 2.36. The summed E-state index contributed by atoms with van der Waals surface area (Å²) in [4.78, 5) is 23.8. The van der Waals surface area contributed by atoms with Crippen LogP contribution < -0.4 is 10.3 Å². The lowest BCUT2D eigenvalue weighted by Gasteiger charge is -2.14. The molecule has 0 saturated heterocycles. The summed E-state index contributed by atoms with van der Waals surface area (Å²) in [6, 6.07) is 2.68. The van der Waals surface area contributed by atoms with Crippen LogP contribution in [0.5, 0.6) is 5.88 Å². The Bertz CT molecular complexity index is 537. The van der Waals surface area contributed by atoms with Gasteiger partial charge in [-0.2, -0.15) is 11.8 Å². The lowest BCUT2D eigenvalue weighted by atomic mass is 10.2. The molecule has 1 rings (SSSR count). The fourth-order valence-corrected chi connectivity index (χ4v) is 1.99. The van der Waals surface area contributed by atoms with Gasteiger partial charge in [-0.25, -0.2) is 8.78 Å². The van der Waals surface area contributed by atoms with E-state index in [1.807, 2.05) is 6.92 Å². The van der Waals surface area contributed by atoms with E-state index < -0.39 is 18.1 Å². The number of ether oxygens (including phenoxy) is 1. The standard InChI is InChI=1S/C13H17F2NO3S/c1-4-20-7-10(17)9-5-6-11(16(3)12(9)18)19-8-13(2,14)15/h5-6H,4,7-8H2,1-3H3. The van der Waals surface area contributed by atoms with E-state index in [9.17, 15) is 18.4 Å². The van der Waals surface area contributed by atoms with Gasteiger partial charge in [-0.3, -0.25) is 14.2 Å². The molecule has 0 aliphatic carbocycles. The molecule has 0 radical (unpaired) electrons. The molecule has 0 atom stereocenters. The van der Waals surface area contributed by atoms with E-state index in [4.69, 9.17) is 4.74 Å². The molecule has 1 heterocycles. The molecule has 1 aromatic rings. The Morgan fingerprint density at radius 2 is 2.10 bits per heavy atom. The van der Waals surface area contributed by atoms with Crippen molar-refractivity contribution in [3.63, 3.8) is 0 Å². The Morgan fingerprint density at radius 1 is 1.45 bits per heavy atom. The zero-order valence-electron chi connectivity index (χ0n) is 11.6. The van der Waals surface area contributed by atoms with E-state index in [0.717, 1.165) is 17.2 Å². The highest BCUT2D eigenvalue weighted by Crippen LogP contribution is 2.15. The number of halogens is 2. The van der Waals surface area contributed by atoms with Crippen LogP contribution in [0.1, 0.15) is 24.2 Å². The first-order valence-corrected chi connectivity index (χ1v) is 7.23. The molecule has 0 unspecified atom stereocenters.